The Hall–Kier alpha value is -1.67. The molecule has 1 unspecified atom stereocenters. The Kier molecular flexibility index (Phi) is 3.78. The summed E-state index contributed by atoms with van der Waals surface area (Å²) in [4.78, 5) is 4.34. The second-order valence-corrected chi connectivity index (χ2v) is 4.72. The van der Waals surface area contributed by atoms with Gasteiger partial charge in [0.1, 0.15) is 6.10 Å². The average molecular weight is 241 g/mol. The lowest BCUT2D eigenvalue weighted by Gasteiger charge is -2.15. The van der Waals surface area contributed by atoms with Crippen LogP contribution in [-0.2, 0) is 6.42 Å². The van der Waals surface area contributed by atoms with Crippen molar-refractivity contribution < 1.29 is 5.11 Å². The predicted octanol–water partition coefficient (Wildman–Crippen LogP) is 3.34. The first kappa shape index (κ1) is 12.8. The van der Waals surface area contributed by atoms with Crippen LogP contribution in [0.2, 0.25) is 0 Å². The monoisotopic (exact) mass is 241 g/mol. The van der Waals surface area contributed by atoms with Crippen molar-refractivity contribution in [1.29, 1.82) is 0 Å². The Balaban J connectivity index is 2.44. The largest absolute Gasteiger partial charge is 0.382 e. The quantitative estimate of drug-likeness (QED) is 0.894. The number of aryl methyl sites for hydroxylation is 3. The molecule has 0 aliphatic rings. The standard InChI is InChI=1S/C16H19NO/c1-4-13-6-5-7-17-15(13)16(18)14-9-11(2)8-12(3)10-14/h5-10,16,18H,4H2,1-3H3. The third-order valence-electron chi connectivity index (χ3n) is 3.13. The Labute approximate surface area is 108 Å². The van der Waals surface area contributed by atoms with Gasteiger partial charge in [0.2, 0.25) is 0 Å². The van der Waals surface area contributed by atoms with Crippen LogP contribution in [0, 0.1) is 13.8 Å². The summed E-state index contributed by atoms with van der Waals surface area (Å²) in [5.74, 6) is 0. The highest BCUT2D eigenvalue weighted by molar-refractivity contribution is 5.35. The van der Waals surface area contributed by atoms with Crippen molar-refractivity contribution in [3.63, 3.8) is 0 Å². The van der Waals surface area contributed by atoms with Crippen molar-refractivity contribution in [3.05, 3.63) is 64.5 Å². The lowest BCUT2D eigenvalue weighted by atomic mass is 9.98. The topological polar surface area (TPSA) is 33.1 Å². The van der Waals surface area contributed by atoms with E-state index in [0.717, 1.165) is 34.4 Å². The number of aliphatic hydroxyl groups is 1. The third kappa shape index (κ3) is 2.59. The first-order chi connectivity index (χ1) is 8.61. The van der Waals surface area contributed by atoms with Crippen molar-refractivity contribution in [2.24, 2.45) is 0 Å². The molecular weight excluding hydrogens is 222 g/mol. The van der Waals surface area contributed by atoms with Crippen molar-refractivity contribution in [1.82, 2.24) is 4.98 Å². The molecule has 0 saturated carbocycles. The SMILES string of the molecule is CCc1cccnc1C(O)c1cc(C)cc(C)c1. The normalized spacial score (nSPS) is 12.4. The maximum Gasteiger partial charge on any atom is 0.121 e. The van der Waals surface area contributed by atoms with E-state index < -0.39 is 6.10 Å². The lowest BCUT2D eigenvalue weighted by molar-refractivity contribution is 0.214. The predicted molar refractivity (Wildman–Crippen MR) is 73.6 cm³/mol. The highest BCUT2D eigenvalue weighted by Gasteiger charge is 2.15. The van der Waals surface area contributed by atoms with Crippen LogP contribution in [0.5, 0.6) is 0 Å². The summed E-state index contributed by atoms with van der Waals surface area (Å²) in [6, 6.07) is 10.1. The molecule has 18 heavy (non-hydrogen) atoms. The van der Waals surface area contributed by atoms with Gasteiger partial charge in [0.25, 0.3) is 0 Å². The molecule has 2 rings (SSSR count). The van der Waals surface area contributed by atoms with Crippen LogP contribution in [0.3, 0.4) is 0 Å². The molecule has 0 amide bonds. The van der Waals surface area contributed by atoms with Crippen LogP contribution in [-0.4, -0.2) is 10.1 Å². The molecule has 1 aromatic heterocycles. The minimum atomic E-state index is -0.639. The Morgan fingerprint density at radius 2 is 1.83 bits per heavy atom. The molecule has 2 aromatic rings. The number of aliphatic hydroxyl groups excluding tert-OH is 1. The van der Waals surface area contributed by atoms with Crippen LogP contribution in [0.1, 0.15) is 41.0 Å². The maximum atomic E-state index is 10.5. The molecule has 94 valence electrons. The summed E-state index contributed by atoms with van der Waals surface area (Å²) in [7, 11) is 0. The third-order valence-corrected chi connectivity index (χ3v) is 3.13. The molecule has 2 nitrogen and oxygen atoms in total. The van der Waals surface area contributed by atoms with Crippen LogP contribution < -0.4 is 0 Å². The molecule has 0 aliphatic heterocycles. The zero-order valence-electron chi connectivity index (χ0n) is 11.1. The van der Waals surface area contributed by atoms with E-state index in [4.69, 9.17) is 0 Å². The summed E-state index contributed by atoms with van der Waals surface area (Å²) in [5.41, 5.74) is 5.12. The Morgan fingerprint density at radius 3 is 2.44 bits per heavy atom. The maximum absolute atomic E-state index is 10.5. The van der Waals surface area contributed by atoms with E-state index >= 15 is 0 Å². The molecule has 0 bridgehead atoms. The van der Waals surface area contributed by atoms with E-state index in [9.17, 15) is 5.11 Å². The summed E-state index contributed by atoms with van der Waals surface area (Å²) in [6.07, 6.45) is 1.98. The van der Waals surface area contributed by atoms with Gasteiger partial charge in [0.05, 0.1) is 5.69 Å². The van der Waals surface area contributed by atoms with Gasteiger partial charge in [-0.15, -0.1) is 0 Å². The first-order valence-corrected chi connectivity index (χ1v) is 6.32. The molecule has 2 heteroatoms. The van der Waals surface area contributed by atoms with E-state index in [0.29, 0.717) is 0 Å². The van der Waals surface area contributed by atoms with Crippen LogP contribution in [0.15, 0.2) is 36.5 Å². The molecule has 1 N–H and O–H groups in total. The van der Waals surface area contributed by atoms with Gasteiger partial charge in [0.15, 0.2) is 0 Å². The molecule has 0 radical (unpaired) electrons. The van der Waals surface area contributed by atoms with Gasteiger partial charge in [-0.25, -0.2) is 0 Å². The van der Waals surface area contributed by atoms with E-state index in [1.54, 1.807) is 6.20 Å². The van der Waals surface area contributed by atoms with Crippen molar-refractivity contribution >= 4 is 0 Å². The molecule has 0 saturated heterocycles. The molecule has 1 atom stereocenters. The van der Waals surface area contributed by atoms with Gasteiger partial charge in [-0.1, -0.05) is 42.3 Å². The summed E-state index contributed by atoms with van der Waals surface area (Å²) in [5, 5.41) is 10.5. The van der Waals surface area contributed by atoms with Crippen LogP contribution >= 0.6 is 0 Å². The van der Waals surface area contributed by atoms with Gasteiger partial charge in [-0.05, 0) is 37.5 Å². The Morgan fingerprint density at radius 1 is 1.17 bits per heavy atom. The zero-order valence-corrected chi connectivity index (χ0v) is 11.1. The van der Waals surface area contributed by atoms with Crippen molar-refractivity contribution in [2.75, 3.05) is 0 Å². The number of nitrogens with zero attached hydrogens (tertiary/aromatic N) is 1. The van der Waals surface area contributed by atoms with Gasteiger partial charge in [-0.2, -0.15) is 0 Å². The fourth-order valence-corrected chi connectivity index (χ4v) is 2.32. The van der Waals surface area contributed by atoms with E-state index in [1.807, 2.05) is 38.1 Å². The van der Waals surface area contributed by atoms with Crippen LogP contribution in [0.4, 0.5) is 0 Å². The van der Waals surface area contributed by atoms with E-state index in [1.165, 1.54) is 0 Å². The number of aromatic nitrogens is 1. The average Bonchev–Trinajstić information content (AvgIpc) is 2.36. The molecular formula is C16H19NO. The first-order valence-electron chi connectivity index (χ1n) is 6.32. The van der Waals surface area contributed by atoms with E-state index in [-0.39, 0.29) is 0 Å². The van der Waals surface area contributed by atoms with Gasteiger partial charge in [0, 0.05) is 6.20 Å². The van der Waals surface area contributed by atoms with Gasteiger partial charge >= 0.3 is 0 Å². The second kappa shape index (κ2) is 5.32. The summed E-state index contributed by atoms with van der Waals surface area (Å²) in [6.45, 7) is 6.17. The molecule has 0 spiro atoms. The van der Waals surface area contributed by atoms with Crippen molar-refractivity contribution in [3.8, 4) is 0 Å². The molecule has 0 fully saturated rings. The second-order valence-electron chi connectivity index (χ2n) is 4.72. The molecule has 0 aliphatic carbocycles. The van der Waals surface area contributed by atoms with Gasteiger partial charge in [-0.3, -0.25) is 4.98 Å². The summed E-state index contributed by atoms with van der Waals surface area (Å²) < 4.78 is 0. The fourth-order valence-electron chi connectivity index (χ4n) is 2.32. The lowest BCUT2D eigenvalue weighted by Crippen LogP contribution is -2.06. The number of hydrogen-bond donors (Lipinski definition) is 1. The van der Waals surface area contributed by atoms with E-state index in [2.05, 4.69) is 18.0 Å². The molecule has 1 heterocycles. The molecule has 1 aromatic carbocycles. The number of hydrogen-bond acceptors (Lipinski definition) is 2. The van der Waals surface area contributed by atoms with Gasteiger partial charge < -0.3 is 5.11 Å². The highest BCUT2D eigenvalue weighted by Crippen LogP contribution is 2.25. The number of rotatable bonds is 3. The van der Waals surface area contributed by atoms with Crippen LogP contribution in [0.25, 0.3) is 0 Å². The van der Waals surface area contributed by atoms with Crippen molar-refractivity contribution in [2.45, 2.75) is 33.3 Å². The minimum Gasteiger partial charge on any atom is -0.382 e. The minimum absolute atomic E-state index is 0.639. The number of benzene rings is 1. The Bertz CT molecular complexity index is 528. The summed E-state index contributed by atoms with van der Waals surface area (Å²) >= 11 is 0. The number of pyridine rings is 1. The zero-order chi connectivity index (χ0) is 13.1. The highest BCUT2D eigenvalue weighted by atomic mass is 16.3. The fraction of sp³-hybridized carbons (Fsp3) is 0.312. The smallest absolute Gasteiger partial charge is 0.121 e.